The minimum absolute atomic E-state index is 0.0463. The van der Waals surface area contributed by atoms with Gasteiger partial charge in [0, 0.05) is 38.0 Å². The molecule has 0 saturated carbocycles. The van der Waals surface area contributed by atoms with Crippen LogP contribution in [-0.2, 0) is 9.53 Å². The summed E-state index contributed by atoms with van der Waals surface area (Å²) in [4.78, 5) is 27.9. The van der Waals surface area contributed by atoms with Crippen molar-refractivity contribution < 1.29 is 14.3 Å². The molecule has 2 bridgehead atoms. The first-order chi connectivity index (χ1) is 8.26. The van der Waals surface area contributed by atoms with Crippen LogP contribution in [0.5, 0.6) is 0 Å². The first kappa shape index (κ1) is 13.3. The molecule has 0 unspecified atom stereocenters. The van der Waals surface area contributed by atoms with E-state index in [0.29, 0.717) is 18.9 Å². The molecule has 1 amide bonds. The monoisotopic (exact) mass is 254 g/mol. The van der Waals surface area contributed by atoms with Gasteiger partial charge in [-0.1, -0.05) is 0 Å². The van der Waals surface area contributed by atoms with Gasteiger partial charge in [-0.05, 0) is 27.8 Å². The van der Waals surface area contributed by atoms with Crippen LogP contribution in [0.3, 0.4) is 0 Å². The van der Waals surface area contributed by atoms with E-state index < -0.39 is 5.60 Å². The second-order valence-electron chi connectivity index (χ2n) is 6.40. The number of fused-ring (bicyclic) bond motifs is 2. The lowest BCUT2D eigenvalue weighted by molar-refractivity contribution is -0.136. The van der Waals surface area contributed by atoms with Crippen LogP contribution in [0, 0.1) is 11.8 Å². The van der Waals surface area contributed by atoms with E-state index in [1.807, 2.05) is 27.8 Å². The molecule has 2 fully saturated rings. The molecule has 2 aliphatic heterocycles. The first-order valence-corrected chi connectivity index (χ1v) is 6.46. The molecule has 2 saturated heterocycles. The zero-order valence-corrected chi connectivity index (χ0v) is 11.6. The molecule has 2 atom stereocenters. The van der Waals surface area contributed by atoms with Crippen molar-refractivity contribution in [2.75, 3.05) is 33.2 Å². The molecule has 0 radical (unpaired) electrons. The summed E-state index contributed by atoms with van der Waals surface area (Å²) in [5.41, 5.74) is -0.482. The maximum Gasteiger partial charge on any atom is 0.410 e. The number of piperidine rings is 2. The summed E-state index contributed by atoms with van der Waals surface area (Å²) in [5.74, 6) is 0.220. The Bertz CT molecular complexity index is 344. The molecule has 0 aliphatic carbocycles. The predicted octanol–water partition coefficient (Wildman–Crippen LogP) is 0.984. The molecule has 5 nitrogen and oxygen atoms in total. The predicted molar refractivity (Wildman–Crippen MR) is 67.3 cm³/mol. The van der Waals surface area contributed by atoms with E-state index in [1.165, 1.54) is 0 Å². The number of hydrogen-bond acceptors (Lipinski definition) is 4. The molecule has 0 N–H and O–H groups in total. The van der Waals surface area contributed by atoms with Gasteiger partial charge in [-0.15, -0.1) is 0 Å². The zero-order valence-electron chi connectivity index (χ0n) is 11.6. The summed E-state index contributed by atoms with van der Waals surface area (Å²) in [5, 5.41) is 0. The van der Waals surface area contributed by atoms with Crippen molar-refractivity contribution in [3.63, 3.8) is 0 Å². The van der Waals surface area contributed by atoms with Crippen molar-refractivity contribution in [2.24, 2.45) is 11.8 Å². The lowest BCUT2D eigenvalue weighted by Gasteiger charge is -2.43. The van der Waals surface area contributed by atoms with Gasteiger partial charge in [-0.3, -0.25) is 4.79 Å². The molecular formula is C13H22N2O3. The van der Waals surface area contributed by atoms with Crippen molar-refractivity contribution in [3.8, 4) is 0 Å². The molecule has 102 valence electrons. The summed E-state index contributed by atoms with van der Waals surface area (Å²) in [7, 11) is 2.02. The number of carbonyl (C=O) groups excluding carboxylic acids is 2. The van der Waals surface area contributed by atoms with Gasteiger partial charge in [-0.2, -0.15) is 0 Å². The Morgan fingerprint density at radius 3 is 2.11 bits per heavy atom. The van der Waals surface area contributed by atoms with Gasteiger partial charge in [0.1, 0.15) is 11.4 Å². The van der Waals surface area contributed by atoms with Gasteiger partial charge in [-0.25, -0.2) is 4.79 Å². The summed E-state index contributed by atoms with van der Waals surface area (Å²) < 4.78 is 5.37. The number of amides is 1. The molecule has 0 spiro atoms. The molecule has 18 heavy (non-hydrogen) atoms. The van der Waals surface area contributed by atoms with E-state index in [0.717, 1.165) is 13.1 Å². The van der Waals surface area contributed by atoms with Gasteiger partial charge >= 0.3 is 6.09 Å². The summed E-state index contributed by atoms with van der Waals surface area (Å²) in [6.45, 7) is 8.05. The lowest BCUT2D eigenvalue weighted by Crippen LogP contribution is -2.58. The van der Waals surface area contributed by atoms with Gasteiger partial charge in [0.25, 0.3) is 0 Å². The van der Waals surface area contributed by atoms with Crippen LogP contribution < -0.4 is 0 Å². The van der Waals surface area contributed by atoms with Crippen molar-refractivity contribution in [1.29, 1.82) is 0 Å². The first-order valence-electron chi connectivity index (χ1n) is 6.46. The number of Topliss-reactive ketones (excluding diaryl/α,β-unsaturated/α-hetero) is 1. The number of likely N-dealkylation sites (tertiary alicyclic amines) is 2. The normalized spacial score (nSPS) is 29.3. The fourth-order valence-corrected chi connectivity index (χ4v) is 2.72. The van der Waals surface area contributed by atoms with Crippen LogP contribution in [-0.4, -0.2) is 60.5 Å². The second-order valence-corrected chi connectivity index (χ2v) is 6.40. The number of ether oxygens (including phenoxy) is 1. The fourth-order valence-electron chi connectivity index (χ4n) is 2.72. The van der Waals surface area contributed by atoms with Crippen LogP contribution in [0.1, 0.15) is 20.8 Å². The van der Waals surface area contributed by atoms with Crippen molar-refractivity contribution in [2.45, 2.75) is 26.4 Å². The smallest absolute Gasteiger partial charge is 0.410 e. The van der Waals surface area contributed by atoms with Crippen LogP contribution in [0.25, 0.3) is 0 Å². The van der Waals surface area contributed by atoms with Crippen molar-refractivity contribution >= 4 is 11.9 Å². The summed E-state index contributed by atoms with van der Waals surface area (Å²) in [6.07, 6.45) is -0.297. The highest BCUT2D eigenvalue weighted by atomic mass is 16.6. The Balaban J connectivity index is 2.02. The molecule has 5 heteroatoms. The SMILES string of the molecule is CN1C[C@@H]2CN(C(=O)OC(C)(C)C)C[C@H](C1)C2=O. The van der Waals surface area contributed by atoms with Crippen LogP contribution in [0.4, 0.5) is 4.79 Å². The standard InChI is InChI=1S/C13H22N2O3/c1-13(2,3)18-12(17)15-7-9-5-14(4)6-10(8-15)11(9)16/h9-10H,5-8H2,1-4H3/t9-,10+. The van der Waals surface area contributed by atoms with E-state index >= 15 is 0 Å². The van der Waals surface area contributed by atoms with Gasteiger partial charge in [0.15, 0.2) is 0 Å². The summed E-state index contributed by atoms with van der Waals surface area (Å²) in [6, 6.07) is 0. The molecule has 2 heterocycles. The Kier molecular flexibility index (Phi) is 3.36. The number of carbonyl (C=O) groups is 2. The number of rotatable bonds is 0. The average Bonchev–Trinajstić information content (AvgIpc) is 2.17. The second kappa shape index (κ2) is 4.53. The highest BCUT2D eigenvalue weighted by molar-refractivity contribution is 5.87. The average molecular weight is 254 g/mol. The van der Waals surface area contributed by atoms with Crippen molar-refractivity contribution in [1.82, 2.24) is 9.80 Å². The third-order valence-electron chi connectivity index (χ3n) is 3.40. The minimum atomic E-state index is -0.482. The quantitative estimate of drug-likeness (QED) is 0.646. The zero-order chi connectivity index (χ0) is 13.5. The Morgan fingerprint density at radius 2 is 1.67 bits per heavy atom. The third-order valence-corrected chi connectivity index (χ3v) is 3.40. The fraction of sp³-hybridized carbons (Fsp3) is 0.846. The number of ketones is 1. The van der Waals surface area contributed by atoms with E-state index in [9.17, 15) is 9.59 Å². The Morgan fingerprint density at radius 1 is 1.17 bits per heavy atom. The van der Waals surface area contributed by atoms with E-state index in [4.69, 9.17) is 4.74 Å². The Labute approximate surface area is 108 Å². The number of nitrogens with zero attached hydrogens (tertiary/aromatic N) is 2. The van der Waals surface area contributed by atoms with Crippen molar-refractivity contribution in [3.05, 3.63) is 0 Å². The molecule has 0 aromatic rings. The molecule has 2 aliphatic rings. The molecule has 2 rings (SSSR count). The highest BCUT2D eigenvalue weighted by Gasteiger charge is 2.42. The molecule has 0 aromatic carbocycles. The van der Waals surface area contributed by atoms with Crippen LogP contribution >= 0.6 is 0 Å². The van der Waals surface area contributed by atoms with E-state index in [2.05, 4.69) is 4.90 Å². The largest absolute Gasteiger partial charge is 0.444 e. The van der Waals surface area contributed by atoms with E-state index in [-0.39, 0.29) is 17.9 Å². The van der Waals surface area contributed by atoms with Gasteiger partial charge in [0.2, 0.25) is 0 Å². The molecule has 0 aromatic heterocycles. The highest BCUT2D eigenvalue weighted by Crippen LogP contribution is 2.25. The molecular weight excluding hydrogens is 232 g/mol. The maximum atomic E-state index is 12.0. The van der Waals surface area contributed by atoms with Gasteiger partial charge in [0.05, 0.1) is 0 Å². The topological polar surface area (TPSA) is 49.9 Å². The third kappa shape index (κ3) is 2.83. The Hall–Kier alpha value is -1.10. The van der Waals surface area contributed by atoms with Gasteiger partial charge < -0.3 is 14.5 Å². The van der Waals surface area contributed by atoms with Crippen LogP contribution in [0.2, 0.25) is 0 Å². The number of hydrogen-bond donors (Lipinski definition) is 0. The lowest BCUT2D eigenvalue weighted by atomic mass is 9.83. The maximum absolute atomic E-state index is 12.0. The minimum Gasteiger partial charge on any atom is -0.444 e. The van der Waals surface area contributed by atoms with Crippen LogP contribution in [0.15, 0.2) is 0 Å². The van der Waals surface area contributed by atoms with E-state index in [1.54, 1.807) is 4.90 Å². The summed E-state index contributed by atoms with van der Waals surface area (Å²) >= 11 is 0.